The summed E-state index contributed by atoms with van der Waals surface area (Å²) >= 11 is 13.0. The molecule has 0 saturated heterocycles. The van der Waals surface area contributed by atoms with Crippen LogP contribution in [0.3, 0.4) is 0 Å². The molecule has 0 unspecified atom stereocenters. The summed E-state index contributed by atoms with van der Waals surface area (Å²) < 4.78 is 1.89. The van der Waals surface area contributed by atoms with Gasteiger partial charge < -0.3 is 5.32 Å². The van der Waals surface area contributed by atoms with Crippen LogP contribution in [0.2, 0.25) is 5.02 Å². The van der Waals surface area contributed by atoms with E-state index >= 15 is 0 Å². The Hall–Kier alpha value is -1.17. The average Bonchev–Trinajstić information content (AvgIpc) is 2.47. The lowest BCUT2D eigenvalue weighted by Crippen LogP contribution is -1.99. The van der Waals surface area contributed by atoms with Crippen molar-refractivity contribution in [2.75, 3.05) is 12.4 Å². The second-order valence-electron chi connectivity index (χ2n) is 4.44. The molecule has 0 bridgehead atoms. The molecular formula is C15H10Br2ClN3. The number of nitrogens with one attached hydrogen (secondary N) is 1. The lowest BCUT2D eigenvalue weighted by atomic mass is 10.2. The zero-order chi connectivity index (χ0) is 15.0. The largest absolute Gasteiger partial charge is 0.373 e. The van der Waals surface area contributed by atoms with Crippen LogP contribution in [0, 0.1) is 0 Å². The molecule has 3 nitrogen and oxygen atoms in total. The highest BCUT2D eigenvalue weighted by Gasteiger charge is 2.12. The second kappa shape index (κ2) is 5.91. The zero-order valence-corrected chi connectivity index (χ0v) is 14.9. The van der Waals surface area contributed by atoms with Crippen molar-refractivity contribution in [1.29, 1.82) is 0 Å². The van der Waals surface area contributed by atoms with Gasteiger partial charge in [-0.2, -0.15) is 0 Å². The van der Waals surface area contributed by atoms with E-state index in [2.05, 4.69) is 47.1 Å². The lowest BCUT2D eigenvalue weighted by Gasteiger charge is -2.10. The van der Waals surface area contributed by atoms with E-state index in [1.165, 1.54) is 0 Å². The van der Waals surface area contributed by atoms with Crippen LogP contribution in [-0.2, 0) is 0 Å². The summed E-state index contributed by atoms with van der Waals surface area (Å²) in [5.41, 5.74) is 1.79. The van der Waals surface area contributed by atoms with Gasteiger partial charge in [0.15, 0.2) is 5.82 Å². The Morgan fingerprint density at radius 1 is 1.05 bits per heavy atom. The van der Waals surface area contributed by atoms with Crippen molar-refractivity contribution in [1.82, 2.24) is 9.97 Å². The minimum atomic E-state index is 0.659. The van der Waals surface area contributed by atoms with E-state index < -0.39 is 0 Å². The van der Waals surface area contributed by atoms with Crippen LogP contribution in [0.4, 0.5) is 5.82 Å². The van der Waals surface area contributed by atoms with Gasteiger partial charge in [0.25, 0.3) is 0 Å². The van der Waals surface area contributed by atoms with E-state index in [1.807, 2.05) is 43.4 Å². The van der Waals surface area contributed by atoms with Gasteiger partial charge in [0, 0.05) is 32.0 Å². The standard InChI is InChI=1S/C15H10Br2ClN3/c1-19-15-11-6-9(16)7-12(17)13(11)20-14(21-15)8-2-4-10(18)5-3-8/h2-7H,1H3,(H,19,20,21). The summed E-state index contributed by atoms with van der Waals surface area (Å²) in [6, 6.07) is 11.5. The summed E-state index contributed by atoms with van der Waals surface area (Å²) in [5.74, 6) is 1.44. The first-order chi connectivity index (χ1) is 10.1. The topological polar surface area (TPSA) is 37.8 Å². The highest BCUT2D eigenvalue weighted by atomic mass is 79.9. The van der Waals surface area contributed by atoms with Crippen LogP contribution in [0.25, 0.3) is 22.3 Å². The van der Waals surface area contributed by atoms with E-state index in [0.29, 0.717) is 10.8 Å². The SMILES string of the molecule is CNc1nc(-c2ccc(Cl)cc2)nc2c(Br)cc(Br)cc12. The van der Waals surface area contributed by atoms with E-state index in [4.69, 9.17) is 11.6 Å². The molecule has 0 saturated carbocycles. The van der Waals surface area contributed by atoms with E-state index in [0.717, 1.165) is 31.2 Å². The molecule has 0 aliphatic heterocycles. The van der Waals surface area contributed by atoms with Crippen LogP contribution in [0.5, 0.6) is 0 Å². The molecule has 0 spiro atoms. The molecule has 0 atom stereocenters. The minimum absolute atomic E-state index is 0.659. The Morgan fingerprint density at radius 3 is 2.43 bits per heavy atom. The normalized spacial score (nSPS) is 10.9. The van der Waals surface area contributed by atoms with Gasteiger partial charge in [0.2, 0.25) is 0 Å². The molecule has 0 fully saturated rings. The molecule has 1 aromatic heterocycles. The molecule has 3 aromatic rings. The fraction of sp³-hybridized carbons (Fsp3) is 0.0667. The number of nitrogens with zero attached hydrogens (tertiary/aromatic N) is 2. The Morgan fingerprint density at radius 2 is 1.76 bits per heavy atom. The van der Waals surface area contributed by atoms with Gasteiger partial charge in [-0.3, -0.25) is 0 Å². The lowest BCUT2D eigenvalue weighted by molar-refractivity contribution is 1.21. The van der Waals surface area contributed by atoms with Crippen molar-refractivity contribution < 1.29 is 0 Å². The summed E-state index contributed by atoms with van der Waals surface area (Å²) in [4.78, 5) is 9.26. The zero-order valence-electron chi connectivity index (χ0n) is 11.0. The first-order valence-electron chi connectivity index (χ1n) is 6.19. The fourth-order valence-electron chi connectivity index (χ4n) is 2.08. The molecule has 0 radical (unpaired) electrons. The average molecular weight is 428 g/mol. The molecule has 1 heterocycles. The van der Waals surface area contributed by atoms with Gasteiger partial charge >= 0.3 is 0 Å². The van der Waals surface area contributed by atoms with E-state index in [9.17, 15) is 0 Å². The van der Waals surface area contributed by atoms with Gasteiger partial charge in [-0.15, -0.1) is 0 Å². The molecule has 2 aromatic carbocycles. The fourth-order valence-corrected chi connectivity index (χ4v) is 3.52. The quantitative estimate of drug-likeness (QED) is 0.585. The smallest absolute Gasteiger partial charge is 0.162 e. The second-order valence-corrected chi connectivity index (χ2v) is 6.64. The summed E-state index contributed by atoms with van der Waals surface area (Å²) in [5, 5.41) is 4.78. The molecule has 0 aliphatic rings. The third-order valence-electron chi connectivity index (χ3n) is 3.06. The number of fused-ring (bicyclic) bond motifs is 1. The van der Waals surface area contributed by atoms with Crippen molar-refractivity contribution in [2.24, 2.45) is 0 Å². The van der Waals surface area contributed by atoms with Gasteiger partial charge in [-0.05, 0) is 52.3 Å². The van der Waals surface area contributed by atoms with Gasteiger partial charge in [-0.25, -0.2) is 9.97 Å². The molecule has 21 heavy (non-hydrogen) atoms. The number of aromatic nitrogens is 2. The predicted molar refractivity (Wildman–Crippen MR) is 94.9 cm³/mol. The molecular weight excluding hydrogens is 417 g/mol. The highest BCUT2D eigenvalue weighted by molar-refractivity contribution is 9.11. The third kappa shape index (κ3) is 2.91. The molecule has 1 N–H and O–H groups in total. The predicted octanol–water partition coefficient (Wildman–Crippen LogP) is 5.52. The molecule has 6 heteroatoms. The summed E-state index contributed by atoms with van der Waals surface area (Å²) in [6.07, 6.45) is 0. The first-order valence-corrected chi connectivity index (χ1v) is 8.15. The number of rotatable bonds is 2. The van der Waals surface area contributed by atoms with Crippen molar-refractivity contribution in [3.8, 4) is 11.4 Å². The van der Waals surface area contributed by atoms with Crippen LogP contribution in [0.1, 0.15) is 0 Å². The maximum absolute atomic E-state index is 5.93. The van der Waals surface area contributed by atoms with Crippen LogP contribution >= 0.6 is 43.5 Å². The molecule has 106 valence electrons. The maximum Gasteiger partial charge on any atom is 0.162 e. The van der Waals surface area contributed by atoms with E-state index in [1.54, 1.807) is 0 Å². The molecule has 0 aliphatic carbocycles. The third-order valence-corrected chi connectivity index (χ3v) is 4.37. The Kier molecular flexibility index (Phi) is 4.15. The number of hydrogen-bond donors (Lipinski definition) is 1. The Bertz CT molecular complexity index is 819. The molecule has 0 amide bonds. The van der Waals surface area contributed by atoms with Gasteiger partial charge in [0.05, 0.1) is 5.52 Å². The maximum atomic E-state index is 5.93. The monoisotopic (exact) mass is 425 g/mol. The number of halogens is 3. The van der Waals surface area contributed by atoms with Crippen molar-refractivity contribution >= 4 is 60.2 Å². The van der Waals surface area contributed by atoms with Gasteiger partial charge in [0.1, 0.15) is 5.82 Å². The first kappa shape index (κ1) is 14.8. The summed E-state index contributed by atoms with van der Waals surface area (Å²) in [6.45, 7) is 0. The number of benzene rings is 2. The Balaban J connectivity index is 2.28. The number of hydrogen-bond acceptors (Lipinski definition) is 3. The highest BCUT2D eigenvalue weighted by Crippen LogP contribution is 2.32. The van der Waals surface area contributed by atoms with Crippen molar-refractivity contribution in [3.63, 3.8) is 0 Å². The van der Waals surface area contributed by atoms with Crippen LogP contribution < -0.4 is 5.32 Å². The number of anilines is 1. The van der Waals surface area contributed by atoms with Crippen LogP contribution in [-0.4, -0.2) is 17.0 Å². The minimum Gasteiger partial charge on any atom is -0.373 e. The Labute approximate surface area is 144 Å². The van der Waals surface area contributed by atoms with Gasteiger partial charge in [-0.1, -0.05) is 27.5 Å². The molecule has 3 rings (SSSR count). The van der Waals surface area contributed by atoms with E-state index in [-0.39, 0.29) is 0 Å². The van der Waals surface area contributed by atoms with Crippen molar-refractivity contribution in [3.05, 3.63) is 50.4 Å². The van der Waals surface area contributed by atoms with Crippen LogP contribution in [0.15, 0.2) is 45.3 Å². The summed E-state index contributed by atoms with van der Waals surface area (Å²) in [7, 11) is 1.85. The van der Waals surface area contributed by atoms with Crippen molar-refractivity contribution in [2.45, 2.75) is 0 Å².